The molecule has 0 saturated heterocycles. The smallest absolute Gasteiger partial charge is 0.260 e. The summed E-state index contributed by atoms with van der Waals surface area (Å²) in [6.45, 7) is 3.54. The fraction of sp³-hybridized carbons (Fsp3) is 0.385. The number of carbonyl (C=O) groups excluding carboxylic acids is 2. The van der Waals surface area contributed by atoms with Gasteiger partial charge in [0.1, 0.15) is 11.6 Å². The maximum Gasteiger partial charge on any atom is 0.260 e. The molecule has 1 amide bonds. The van der Waals surface area contributed by atoms with Gasteiger partial charge in [-0.05, 0) is 26.0 Å². The molecule has 1 aromatic carbocycles. The van der Waals surface area contributed by atoms with Gasteiger partial charge in [-0.2, -0.15) is 0 Å². The van der Waals surface area contributed by atoms with Gasteiger partial charge in [0.05, 0.1) is 5.56 Å². The molecule has 0 spiro atoms. The van der Waals surface area contributed by atoms with Crippen LogP contribution in [0.1, 0.15) is 24.2 Å². The first-order chi connectivity index (χ1) is 8.45. The molecule has 0 bridgehead atoms. The van der Waals surface area contributed by atoms with E-state index in [1.807, 2.05) is 6.92 Å². The first-order valence-corrected chi connectivity index (χ1v) is 5.63. The molecule has 0 radical (unpaired) electrons. The lowest BCUT2D eigenvalue weighted by molar-refractivity contribution is -0.131. The maximum atomic E-state index is 13.1. The summed E-state index contributed by atoms with van der Waals surface area (Å²) >= 11 is 0. The summed E-state index contributed by atoms with van der Waals surface area (Å²) < 4.78 is 18.3. The molecule has 4 nitrogen and oxygen atoms in total. The third-order valence-corrected chi connectivity index (χ3v) is 2.57. The van der Waals surface area contributed by atoms with E-state index in [4.69, 9.17) is 4.74 Å². The molecule has 0 atom stereocenters. The van der Waals surface area contributed by atoms with Crippen LogP contribution in [0.15, 0.2) is 18.2 Å². The molecule has 5 heteroatoms. The van der Waals surface area contributed by atoms with Crippen molar-refractivity contribution in [2.75, 3.05) is 20.2 Å². The van der Waals surface area contributed by atoms with E-state index in [9.17, 15) is 14.0 Å². The van der Waals surface area contributed by atoms with Crippen LogP contribution in [0, 0.1) is 5.82 Å². The Morgan fingerprint density at radius 2 is 2.06 bits per heavy atom. The summed E-state index contributed by atoms with van der Waals surface area (Å²) in [6.07, 6.45) is 0. The highest BCUT2D eigenvalue weighted by Gasteiger charge is 2.13. The first-order valence-electron chi connectivity index (χ1n) is 5.63. The Hall–Kier alpha value is -1.91. The SMILES string of the molecule is CCN(C)C(=O)COc1cc(F)ccc1C(C)=O. The van der Waals surface area contributed by atoms with Crippen molar-refractivity contribution in [1.29, 1.82) is 0 Å². The molecule has 0 aromatic heterocycles. The lowest BCUT2D eigenvalue weighted by atomic mass is 10.1. The van der Waals surface area contributed by atoms with E-state index in [1.54, 1.807) is 7.05 Å². The highest BCUT2D eigenvalue weighted by molar-refractivity contribution is 5.96. The summed E-state index contributed by atoms with van der Waals surface area (Å²) in [7, 11) is 1.64. The summed E-state index contributed by atoms with van der Waals surface area (Å²) in [4.78, 5) is 24.3. The molecule has 1 rings (SSSR count). The van der Waals surface area contributed by atoms with Crippen LogP contribution < -0.4 is 4.74 Å². The summed E-state index contributed by atoms with van der Waals surface area (Å²) in [5, 5.41) is 0. The standard InChI is InChI=1S/C13H16FNO3/c1-4-15(3)13(17)8-18-12-7-10(14)5-6-11(12)9(2)16/h5-7H,4,8H2,1-3H3. The molecule has 0 aliphatic carbocycles. The zero-order valence-corrected chi connectivity index (χ0v) is 10.7. The molecule has 0 N–H and O–H groups in total. The molecular formula is C13H16FNO3. The Balaban J connectivity index is 2.81. The topological polar surface area (TPSA) is 46.6 Å². The van der Waals surface area contributed by atoms with Crippen molar-refractivity contribution in [3.63, 3.8) is 0 Å². The van der Waals surface area contributed by atoms with Gasteiger partial charge in [-0.25, -0.2) is 4.39 Å². The number of benzene rings is 1. The second-order valence-electron chi connectivity index (χ2n) is 3.89. The number of rotatable bonds is 5. The molecule has 0 saturated carbocycles. The lowest BCUT2D eigenvalue weighted by Gasteiger charge is -2.15. The molecule has 98 valence electrons. The minimum Gasteiger partial charge on any atom is -0.483 e. The van der Waals surface area contributed by atoms with Crippen molar-refractivity contribution >= 4 is 11.7 Å². The normalized spacial score (nSPS) is 10.0. The number of ether oxygens (including phenoxy) is 1. The van der Waals surface area contributed by atoms with Gasteiger partial charge < -0.3 is 9.64 Å². The largest absolute Gasteiger partial charge is 0.483 e. The van der Waals surface area contributed by atoms with Crippen molar-refractivity contribution in [2.45, 2.75) is 13.8 Å². The van der Waals surface area contributed by atoms with Gasteiger partial charge in [0.2, 0.25) is 0 Å². The highest BCUT2D eigenvalue weighted by atomic mass is 19.1. The number of hydrogen-bond donors (Lipinski definition) is 0. The van der Waals surface area contributed by atoms with Gasteiger partial charge >= 0.3 is 0 Å². The van der Waals surface area contributed by atoms with Crippen LogP contribution in [-0.4, -0.2) is 36.8 Å². The van der Waals surface area contributed by atoms with Crippen molar-refractivity contribution < 1.29 is 18.7 Å². The second-order valence-corrected chi connectivity index (χ2v) is 3.89. The number of likely N-dealkylation sites (N-methyl/N-ethyl adjacent to an activating group) is 1. The fourth-order valence-electron chi connectivity index (χ4n) is 1.33. The Kier molecular flexibility index (Phi) is 4.83. The van der Waals surface area contributed by atoms with E-state index in [-0.39, 0.29) is 29.6 Å². The minimum absolute atomic E-state index is 0.0975. The van der Waals surface area contributed by atoms with Crippen LogP contribution >= 0.6 is 0 Å². The zero-order chi connectivity index (χ0) is 13.7. The van der Waals surface area contributed by atoms with E-state index >= 15 is 0 Å². The van der Waals surface area contributed by atoms with E-state index in [2.05, 4.69) is 0 Å². The molecule has 0 unspecified atom stereocenters. The van der Waals surface area contributed by atoms with Crippen LogP contribution in [0.2, 0.25) is 0 Å². The maximum absolute atomic E-state index is 13.1. The van der Waals surface area contributed by atoms with Gasteiger partial charge in [0.25, 0.3) is 5.91 Å². The van der Waals surface area contributed by atoms with E-state index in [1.165, 1.54) is 24.0 Å². The number of Topliss-reactive ketones (excluding diaryl/α,β-unsaturated/α-hetero) is 1. The monoisotopic (exact) mass is 253 g/mol. The van der Waals surface area contributed by atoms with Crippen LogP contribution in [0.4, 0.5) is 4.39 Å². The average Bonchev–Trinajstić information content (AvgIpc) is 2.34. The number of hydrogen-bond acceptors (Lipinski definition) is 3. The second kappa shape index (κ2) is 6.14. The molecule has 0 aliphatic rings. The van der Waals surface area contributed by atoms with Crippen LogP contribution in [0.5, 0.6) is 5.75 Å². The van der Waals surface area contributed by atoms with Crippen molar-refractivity contribution in [2.24, 2.45) is 0 Å². The number of nitrogens with zero attached hydrogens (tertiary/aromatic N) is 1. The predicted octanol–water partition coefficient (Wildman–Crippen LogP) is 1.89. The van der Waals surface area contributed by atoms with E-state index in [0.29, 0.717) is 6.54 Å². The van der Waals surface area contributed by atoms with E-state index < -0.39 is 5.82 Å². The number of amides is 1. The van der Waals surface area contributed by atoms with E-state index in [0.717, 1.165) is 6.07 Å². The third-order valence-electron chi connectivity index (χ3n) is 2.57. The number of ketones is 1. The lowest BCUT2D eigenvalue weighted by Crippen LogP contribution is -2.31. The van der Waals surface area contributed by atoms with Gasteiger partial charge in [0.15, 0.2) is 12.4 Å². The molecule has 1 aromatic rings. The van der Waals surface area contributed by atoms with Gasteiger partial charge in [0, 0.05) is 19.7 Å². The van der Waals surface area contributed by atoms with Gasteiger partial charge in [-0.3, -0.25) is 9.59 Å². The molecule has 18 heavy (non-hydrogen) atoms. The van der Waals surface area contributed by atoms with Crippen LogP contribution in [-0.2, 0) is 4.79 Å². The molecule has 0 aliphatic heterocycles. The quantitative estimate of drug-likeness (QED) is 0.753. The third kappa shape index (κ3) is 3.55. The summed E-state index contributed by atoms with van der Waals surface area (Å²) in [5.41, 5.74) is 0.267. The summed E-state index contributed by atoms with van der Waals surface area (Å²) in [6, 6.07) is 3.64. The molecule has 0 fully saturated rings. The molecular weight excluding hydrogens is 237 g/mol. The van der Waals surface area contributed by atoms with Crippen molar-refractivity contribution in [1.82, 2.24) is 4.90 Å². The Morgan fingerprint density at radius 3 is 2.61 bits per heavy atom. The first kappa shape index (κ1) is 14.2. The van der Waals surface area contributed by atoms with Gasteiger partial charge in [-0.15, -0.1) is 0 Å². The predicted molar refractivity (Wildman–Crippen MR) is 65.2 cm³/mol. The van der Waals surface area contributed by atoms with Gasteiger partial charge in [-0.1, -0.05) is 0 Å². The van der Waals surface area contributed by atoms with Crippen molar-refractivity contribution in [3.8, 4) is 5.75 Å². The Labute approximate surface area is 105 Å². The van der Waals surface area contributed by atoms with Crippen LogP contribution in [0.3, 0.4) is 0 Å². The average molecular weight is 253 g/mol. The minimum atomic E-state index is -0.508. The van der Waals surface area contributed by atoms with Crippen molar-refractivity contribution in [3.05, 3.63) is 29.6 Å². The number of halogens is 1. The Morgan fingerprint density at radius 1 is 1.39 bits per heavy atom. The molecule has 0 heterocycles. The zero-order valence-electron chi connectivity index (χ0n) is 10.7. The number of carbonyl (C=O) groups is 2. The fourth-order valence-corrected chi connectivity index (χ4v) is 1.33. The Bertz CT molecular complexity index is 460. The highest BCUT2D eigenvalue weighted by Crippen LogP contribution is 2.20. The summed E-state index contributed by atoms with van der Waals surface area (Å²) in [5.74, 6) is -0.871. The van der Waals surface area contributed by atoms with Crippen LogP contribution in [0.25, 0.3) is 0 Å².